The molecular weight excluding hydrogens is 426 g/mol. The highest BCUT2D eigenvalue weighted by Gasteiger charge is 2.20. The van der Waals surface area contributed by atoms with Crippen molar-refractivity contribution in [3.63, 3.8) is 0 Å². The van der Waals surface area contributed by atoms with Crippen molar-refractivity contribution in [2.75, 3.05) is 19.6 Å². The summed E-state index contributed by atoms with van der Waals surface area (Å²) in [5.74, 6) is 0. The molecular formula is C28H29N3OS. The zero-order valence-electron chi connectivity index (χ0n) is 19.3. The average Bonchev–Trinajstić information content (AvgIpc) is 3.21. The van der Waals surface area contributed by atoms with Crippen LogP contribution in [-0.2, 0) is 6.42 Å². The number of likely N-dealkylation sites (tertiary alicyclic amines) is 1. The number of aromatic nitrogens is 2. The van der Waals surface area contributed by atoms with Crippen LogP contribution in [0.1, 0.15) is 40.9 Å². The number of hydrogen-bond donors (Lipinski definition) is 0. The number of aryl methyl sites for hydroxylation is 2. The fourth-order valence-electron chi connectivity index (χ4n) is 4.86. The lowest BCUT2D eigenvalue weighted by Gasteiger charge is -2.30. The van der Waals surface area contributed by atoms with Crippen molar-refractivity contribution in [2.24, 2.45) is 0 Å². The molecule has 4 aromatic rings. The molecule has 0 N–H and O–H groups in total. The van der Waals surface area contributed by atoms with Crippen molar-refractivity contribution in [2.45, 2.75) is 33.1 Å². The summed E-state index contributed by atoms with van der Waals surface area (Å²) in [5.41, 5.74) is 8.28. The summed E-state index contributed by atoms with van der Waals surface area (Å²) in [4.78, 5) is 21.0. The number of benzene rings is 2. The van der Waals surface area contributed by atoms with Gasteiger partial charge in [-0.05, 0) is 49.8 Å². The lowest BCUT2D eigenvalue weighted by atomic mass is 9.88. The molecule has 1 fully saturated rings. The molecule has 0 amide bonds. The summed E-state index contributed by atoms with van der Waals surface area (Å²) in [7, 11) is 0. The van der Waals surface area contributed by atoms with Crippen molar-refractivity contribution >= 4 is 21.9 Å². The first kappa shape index (κ1) is 21.8. The summed E-state index contributed by atoms with van der Waals surface area (Å²) in [6.07, 6.45) is 2.86. The van der Waals surface area contributed by atoms with Crippen molar-refractivity contribution in [3.05, 3.63) is 110 Å². The van der Waals surface area contributed by atoms with Gasteiger partial charge in [-0.2, -0.15) is 0 Å². The maximum atomic E-state index is 13.1. The van der Waals surface area contributed by atoms with Crippen LogP contribution in [-0.4, -0.2) is 33.9 Å². The van der Waals surface area contributed by atoms with Gasteiger partial charge in [0.15, 0.2) is 4.96 Å². The molecule has 4 nitrogen and oxygen atoms in total. The molecule has 33 heavy (non-hydrogen) atoms. The normalized spacial score (nSPS) is 14.7. The van der Waals surface area contributed by atoms with Gasteiger partial charge in [0.1, 0.15) is 0 Å². The van der Waals surface area contributed by atoms with Crippen LogP contribution in [0.25, 0.3) is 10.5 Å². The topological polar surface area (TPSA) is 37.6 Å². The van der Waals surface area contributed by atoms with E-state index in [4.69, 9.17) is 0 Å². The fraction of sp³-hybridized carbons (Fsp3) is 0.286. The molecule has 0 spiro atoms. The Morgan fingerprint density at radius 2 is 1.55 bits per heavy atom. The van der Waals surface area contributed by atoms with Gasteiger partial charge in [-0.25, -0.2) is 4.98 Å². The first-order chi connectivity index (χ1) is 16.1. The molecule has 0 radical (unpaired) electrons. The number of thiazole rings is 1. The lowest BCUT2D eigenvalue weighted by Crippen LogP contribution is -2.34. The van der Waals surface area contributed by atoms with Crippen LogP contribution in [0.2, 0.25) is 0 Å². The second-order valence-corrected chi connectivity index (χ2v) is 9.61. The van der Waals surface area contributed by atoms with E-state index >= 15 is 0 Å². The van der Waals surface area contributed by atoms with Crippen LogP contribution in [0.4, 0.5) is 0 Å². The summed E-state index contributed by atoms with van der Waals surface area (Å²) < 4.78 is 1.76. The quantitative estimate of drug-likeness (QED) is 0.398. The summed E-state index contributed by atoms with van der Waals surface area (Å²) in [6, 6.07) is 21.5. The van der Waals surface area contributed by atoms with Gasteiger partial charge in [-0.3, -0.25) is 9.20 Å². The molecule has 168 valence electrons. The Labute approximate surface area is 198 Å². The molecule has 3 heterocycles. The van der Waals surface area contributed by atoms with Crippen molar-refractivity contribution in [3.8, 4) is 0 Å². The molecule has 1 aliphatic rings. The van der Waals surface area contributed by atoms with E-state index in [1.54, 1.807) is 4.40 Å². The molecule has 0 atom stereocenters. The summed E-state index contributed by atoms with van der Waals surface area (Å²) >= 11 is 1.53. The van der Waals surface area contributed by atoms with Crippen molar-refractivity contribution in [1.29, 1.82) is 0 Å². The Bertz CT molecular complexity index is 1300. The van der Waals surface area contributed by atoms with Gasteiger partial charge in [0.2, 0.25) is 0 Å². The largest absolute Gasteiger partial charge is 0.302 e. The van der Waals surface area contributed by atoms with E-state index in [-0.39, 0.29) is 5.56 Å². The zero-order valence-corrected chi connectivity index (χ0v) is 20.1. The molecule has 5 heteroatoms. The van der Waals surface area contributed by atoms with E-state index in [0.29, 0.717) is 0 Å². The second kappa shape index (κ2) is 9.46. The van der Waals surface area contributed by atoms with Crippen LogP contribution < -0.4 is 5.56 Å². The molecule has 2 aromatic heterocycles. The monoisotopic (exact) mass is 455 g/mol. The van der Waals surface area contributed by atoms with Gasteiger partial charge in [-0.1, -0.05) is 66.2 Å². The molecule has 0 unspecified atom stereocenters. The summed E-state index contributed by atoms with van der Waals surface area (Å²) in [6.45, 7) is 6.88. The molecule has 2 aromatic carbocycles. The predicted molar refractivity (Wildman–Crippen MR) is 137 cm³/mol. The SMILES string of the molecule is Cc1nc2scc(C)n2c(=O)c1CCN1CCC(=C(c2ccccc2)c2ccccc2)CC1. The van der Waals surface area contributed by atoms with Crippen molar-refractivity contribution in [1.82, 2.24) is 14.3 Å². The van der Waals surface area contributed by atoms with E-state index in [2.05, 4.69) is 70.5 Å². The van der Waals surface area contributed by atoms with E-state index in [0.717, 1.165) is 60.8 Å². The Morgan fingerprint density at radius 3 is 2.15 bits per heavy atom. The third-order valence-electron chi connectivity index (χ3n) is 6.66. The number of hydrogen-bond acceptors (Lipinski definition) is 4. The highest BCUT2D eigenvalue weighted by atomic mass is 32.1. The molecule has 1 saturated heterocycles. The summed E-state index contributed by atoms with van der Waals surface area (Å²) in [5, 5.41) is 2.00. The molecule has 0 aliphatic carbocycles. The molecule has 0 bridgehead atoms. The minimum Gasteiger partial charge on any atom is -0.302 e. The highest BCUT2D eigenvalue weighted by Crippen LogP contribution is 2.32. The lowest BCUT2D eigenvalue weighted by molar-refractivity contribution is 0.259. The molecule has 1 aliphatic heterocycles. The second-order valence-electron chi connectivity index (χ2n) is 8.78. The minimum absolute atomic E-state index is 0.101. The van der Waals surface area contributed by atoms with E-state index in [9.17, 15) is 4.79 Å². The number of rotatable bonds is 5. The Balaban J connectivity index is 1.34. The van der Waals surface area contributed by atoms with Crippen LogP contribution in [0, 0.1) is 13.8 Å². The van der Waals surface area contributed by atoms with Crippen LogP contribution in [0.3, 0.4) is 0 Å². The van der Waals surface area contributed by atoms with Gasteiger partial charge in [0.25, 0.3) is 5.56 Å². The maximum Gasteiger partial charge on any atom is 0.262 e. The third kappa shape index (κ3) is 4.43. The maximum absolute atomic E-state index is 13.1. The number of fused-ring (bicyclic) bond motifs is 1. The standard InChI is InChI=1S/C28H29N3OS/c1-20-19-33-28-29-21(2)25(27(32)31(20)28)15-18-30-16-13-24(14-17-30)26(22-9-5-3-6-10-22)23-11-7-4-8-12-23/h3-12,19H,13-18H2,1-2H3. The Hall–Kier alpha value is -3.02. The van der Waals surface area contributed by atoms with E-state index in [1.165, 1.54) is 33.6 Å². The number of piperidine rings is 1. The van der Waals surface area contributed by atoms with E-state index in [1.807, 2.05) is 19.2 Å². The third-order valence-corrected chi connectivity index (χ3v) is 7.60. The van der Waals surface area contributed by atoms with Crippen molar-refractivity contribution < 1.29 is 0 Å². The predicted octanol–water partition coefficient (Wildman–Crippen LogP) is 5.51. The van der Waals surface area contributed by atoms with Gasteiger partial charge in [0.05, 0.1) is 0 Å². The Morgan fingerprint density at radius 1 is 0.939 bits per heavy atom. The first-order valence-electron chi connectivity index (χ1n) is 11.6. The van der Waals surface area contributed by atoms with Gasteiger partial charge in [0, 0.05) is 42.0 Å². The number of nitrogens with zero attached hydrogens (tertiary/aromatic N) is 3. The van der Waals surface area contributed by atoms with Gasteiger partial charge in [-0.15, -0.1) is 11.3 Å². The van der Waals surface area contributed by atoms with Gasteiger partial charge < -0.3 is 4.90 Å². The van der Waals surface area contributed by atoms with Crippen LogP contribution in [0.15, 0.2) is 76.4 Å². The average molecular weight is 456 g/mol. The van der Waals surface area contributed by atoms with Crippen LogP contribution in [0.5, 0.6) is 0 Å². The molecule has 0 saturated carbocycles. The minimum atomic E-state index is 0.101. The van der Waals surface area contributed by atoms with Gasteiger partial charge >= 0.3 is 0 Å². The van der Waals surface area contributed by atoms with Crippen LogP contribution >= 0.6 is 11.3 Å². The van der Waals surface area contributed by atoms with E-state index < -0.39 is 0 Å². The Kier molecular flexibility index (Phi) is 6.25. The highest BCUT2D eigenvalue weighted by molar-refractivity contribution is 7.15. The molecule has 5 rings (SSSR count). The first-order valence-corrected chi connectivity index (χ1v) is 12.5. The zero-order chi connectivity index (χ0) is 22.8. The fourth-order valence-corrected chi connectivity index (χ4v) is 5.76. The smallest absolute Gasteiger partial charge is 0.262 e.